The van der Waals surface area contributed by atoms with Gasteiger partial charge in [0.05, 0.1) is 17.6 Å². The highest BCUT2D eigenvalue weighted by molar-refractivity contribution is 5.92. The van der Waals surface area contributed by atoms with Gasteiger partial charge in [0.15, 0.2) is 0 Å². The number of hydrogen-bond acceptors (Lipinski definition) is 4. The van der Waals surface area contributed by atoms with Crippen molar-refractivity contribution in [2.45, 2.75) is 13.8 Å². The minimum atomic E-state index is -0.560. The number of carbonyl (C=O) groups is 1. The number of aryl methyl sites for hydroxylation is 1. The molecule has 1 aromatic rings. The maximum Gasteiger partial charge on any atom is 0.338 e. The fourth-order valence-corrected chi connectivity index (χ4v) is 1.45. The van der Waals surface area contributed by atoms with Crippen LogP contribution in [0, 0.1) is 24.0 Å². The molecule has 1 rings (SSSR count). The van der Waals surface area contributed by atoms with Crippen LogP contribution in [-0.2, 0) is 4.74 Å². The molecular formula is C10H11NO4. The van der Waals surface area contributed by atoms with Gasteiger partial charge < -0.3 is 4.74 Å². The third-order valence-corrected chi connectivity index (χ3v) is 2.22. The average molecular weight is 209 g/mol. The number of benzene rings is 1. The van der Waals surface area contributed by atoms with E-state index in [1.807, 2.05) is 0 Å². The van der Waals surface area contributed by atoms with Crippen molar-refractivity contribution < 1.29 is 14.5 Å². The lowest BCUT2D eigenvalue weighted by Gasteiger charge is -2.06. The predicted octanol–water partition coefficient (Wildman–Crippen LogP) is 2.00. The number of methoxy groups -OCH3 is 1. The zero-order chi connectivity index (χ0) is 11.6. The van der Waals surface area contributed by atoms with E-state index in [2.05, 4.69) is 4.74 Å². The van der Waals surface area contributed by atoms with E-state index in [-0.39, 0.29) is 11.3 Å². The van der Waals surface area contributed by atoms with Gasteiger partial charge in [0.25, 0.3) is 5.69 Å². The van der Waals surface area contributed by atoms with Gasteiger partial charge >= 0.3 is 5.97 Å². The summed E-state index contributed by atoms with van der Waals surface area (Å²) in [5.41, 5.74) is 1.07. The van der Waals surface area contributed by atoms with Crippen molar-refractivity contribution in [3.63, 3.8) is 0 Å². The Labute approximate surface area is 86.8 Å². The second kappa shape index (κ2) is 4.08. The summed E-state index contributed by atoms with van der Waals surface area (Å²) in [5.74, 6) is -0.560. The summed E-state index contributed by atoms with van der Waals surface area (Å²) >= 11 is 0. The van der Waals surface area contributed by atoms with Crippen molar-refractivity contribution in [2.75, 3.05) is 7.11 Å². The molecule has 0 amide bonds. The highest BCUT2D eigenvalue weighted by Crippen LogP contribution is 2.25. The number of ether oxygens (including phenoxy) is 1. The van der Waals surface area contributed by atoms with E-state index >= 15 is 0 Å². The summed E-state index contributed by atoms with van der Waals surface area (Å²) < 4.78 is 4.53. The zero-order valence-electron chi connectivity index (χ0n) is 8.73. The number of rotatable bonds is 2. The van der Waals surface area contributed by atoms with E-state index < -0.39 is 10.9 Å². The van der Waals surface area contributed by atoms with Crippen molar-refractivity contribution in [1.29, 1.82) is 0 Å². The summed E-state index contributed by atoms with van der Waals surface area (Å²) in [4.78, 5) is 21.5. The predicted molar refractivity (Wildman–Crippen MR) is 53.9 cm³/mol. The van der Waals surface area contributed by atoms with Crippen LogP contribution in [0.1, 0.15) is 21.5 Å². The summed E-state index contributed by atoms with van der Waals surface area (Å²) in [7, 11) is 1.24. The Balaban J connectivity index is 3.41. The first-order valence-electron chi connectivity index (χ1n) is 4.32. The van der Waals surface area contributed by atoms with Crippen LogP contribution in [-0.4, -0.2) is 18.0 Å². The van der Waals surface area contributed by atoms with Crippen LogP contribution in [0.3, 0.4) is 0 Å². The SMILES string of the molecule is COC(=O)c1ccc(C)c([N+](=O)[O-])c1C. The Kier molecular flexibility index (Phi) is 3.04. The molecule has 0 aliphatic carbocycles. The number of nitro benzene ring substituents is 1. The molecule has 0 radical (unpaired) electrons. The number of carbonyl (C=O) groups excluding carboxylic acids is 1. The topological polar surface area (TPSA) is 69.4 Å². The van der Waals surface area contributed by atoms with E-state index in [1.54, 1.807) is 6.92 Å². The third kappa shape index (κ3) is 1.96. The molecule has 0 aliphatic rings. The minimum Gasteiger partial charge on any atom is -0.465 e. The van der Waals surface area contributed by atoms with Crippen molar-refractivity contribution in [3.05, 3.63) is 38.9 Å². The van der Waals surface area contributed by atoms with Crippen LogP contribution in [0.2, 0.25) is 0 Å². The van der Waals surface area contributed by atoms with Gasteiger partial charge in [-0.25, -0.2) is 4.79 Å². The lowest BCUT2D eigenvalue weighted by Crippen LogP contribution is -2.06. The third-order valence-electron chi connectivity index (χ3n) is 2.22. The summed E-state index contributed by atoms with van der Waals surface area (Å²) in [6.45, 7) is 3.17. The molecule has 0 spiro atoms. The highest BCUT2D eigenvalue weighted by atomic mass is 16.6. The van der Waals surface area contributed by atoms with Crippen LogP contribution < -0.4 is 0 Å². The van der Waals surface area contributed by atoms with Crippen LogP contribution in [0.25, 0.3) is 0 Å². The lowest BCUT2D eigenvalue weighted by molar-refractivity contribution is -0.386. The Morgan fingerprint density at radius 1 is 1.40 bits per heavy atom. The smallest absolute Gasteiger partial charge is 0.338 e. The highest BCUT2D eigenvalue weighted by Gasteiger charge is 2.21. The molecule has 5 nitrogen and oxygen atoms in total. The second-order valence-electron chi connectivity index (χ2n) is 3.15. The monoisotopic (exact) mass is 209 g/mol. The van der Waals surface area contributed by atoms with Crippen LogP contribution in [0.5, 0.6) is 0 Å². The molecule has 0 atom stereocenters. The van der Waals surface area contributed by atoms with Gasteiger partial charge in [-0.2, -0.15) is 0 Å². The Morgan fingerprint density at radius 3 is 2.47 bits per heavy atom. The molecule has 0 N–H and O–H groups in total. The number of hydrogen-bond donors (Lipinski definition) is 0. The van der Waals surface area contributed by atoms with Crippen LogP contribution >= 0.6 is 0 Å². The Bertz CT molecular complexity index is 426. The average Bonchev–Trinajstić information content (AvgIpc) is 2.16. The summed E-state index contributed by atoms with van der Waals surface area (Å²) in [6.07, 6.45) is 0. The van der Waals surface area contributed by atoms with Crippen molar-refractivity contribution in [3.8, 4) is 0 Å². The van der Waals surface area contributed by atoms with Gasteiger partial charge in [-0.3, -0.25) is 10.1 Å². The quantitative estimate of drug-likeness (QED) is 0.424. The molecule has 0 heterocycles. The van der Waals surface area contributed by atoms with E-state index in [0.717, 1.165) is 0 Å². The van der Waals surface area contributed by atoms with E-state index in [0.29, 0.717) is 11.1 Å². The molecule has 15 heavy (non-hydrogen) atoms. The second-order valence-corrected chi connectivity index (χ2v) is 3.15. The first kappa shape index (κ1) is 11.2. The molecule has 0 bridgehead atoms. The maximum atomic E-state index is 11.3. The lowest BCUT2D eigenvalue weighted by atomic mass is 10.0. The maximum absolute atomic E-state index is 11.3. The first-order chi connectivity index (χ1) is 6.99. The summed E-state index contributed by atoms with van der Waals surface area (Å²) in [5, 5.41) is 10.8. The van der Waals surface area contributed by atoms with Crippen LogP contribution in [0.4, 0.5) is 5.69 Å². The van der Waals surface area contributed by atoms with Gasteiger partial charge in [-0.15, -0.1) is 0 Å². The van der Waals surface area contributed by atoms with Crippen molar-refractivity contribution >= 4 is 11.7 Å². The normalized spacial score (nSPS) is 9.80. The molecule has 0 fully saturated rings. The molecule has 0 saturated carbocycles. The van der Waals surface area contributed by atoms with Gasteiger partial charge in [-0.05, 0) is 19.9 Å². The molecular weight excluding hydrogens is 198 g/mol. The van der Waals surface area contributed by atoms with E-state index in [1.165, 1.54) is 26.2 Å². The molecule has 5 heteroatoms. The summed E-state index contributed by atoms with van der Waals surface area (Å²) in [6, 6.07) is 3.07. The van der Waals surface area contributed by atoms with Crippen molar-refractivity contribution in [1.82, 2.24) is 0 Å². The number of nitro groups is 1. The van der Waals surface area contributed by atoms with Gasteiger partial charge in [0, 0.05) is 11.1 Å². The van der Waals surface area contributed by atoms with Crippen LogP contribution in [0.15, 0.2) is 12.1 Å². The van der Waals surface area contributed by atoms with E-state index in [4.69, 9.17) is 0 Å². The van der Waals surface area contributed by atoms with Gasteiger partial charge in [0.1, 0.15) is 0 Å². The molecule has 0 aromatic heterocycles. The number of nitrogens with zero attached hydrogens (tertiary/aromatic N) is 1. The number of esters is 1. The van der Waals surface area contributed by atoms with E-state index in [9.17, 15) is 14.9 Å². The fraction of sp³-hybridized carbons (Fsp3) is 0.300. The zero-order valence-corrected chi connectivity index (χ0v) is 8.73. The standard InChI is InChI=1S/C10H11NO4/c1-6-4-5-8(10(12)15-3)7(2)9(6)11(13)14/h4-5H,1-3H3. The van der Waals surface area contributed by atoms with Crippen molar-refractivity contribution in [2.24, 2.45) is 0 Å². The fourth-order valence-electron chi connectivity index (χ4n) is 1.45. The molecule has 1 aromatic carbocycles. The van der Waals surface area contributed by atoms with Gasteiger partial charge in [-0.1, -0.05) is 6.07 Å². The Morgan fingerprint density at radius 2 is 2.00 bits per heavy atom. The molecule has 0 saturated heterocycles. The largest absolute Gasteiger partial charge is 0.465 e. The minimum absolute atomic E-state index is 0.0297. The van der Waals surface area contributed by atoms with Gasteiger partial charge in [0.2, 0.25) is 0 Å². The Hall–Kier alpha value is -1.91. The first-order valence-corrected chi connectivity index (χ1v) is 4.32. The molecule has 0 aliphatic heterocycles. The molecule has 80 valence electrons. The molecule has 0 unspecified atom stereocenters.